The molecule has 2 aliphatic rings. The molecule has 29 heavy (non-hydrogen) atoms. The van der Waals surface area contributed by atoms with E-state index in [1.165, 1.54) is 6.20 Å². The van der Waals surface area contributed by atoms with Crippen LogP contribution in [0, 0.1) is 11.3 Å². The Morgan fingerprint density at radius 2 is 2.17 bits per heavy atom. The second kappa shape index (κ2) is 7.04. The summed E-state index contributed by atoms with van der Waals surface area (Å²) in [5.41, 5.74) is 2.38. The summed E-state index contributed by atoms with van der Waals surface area (Å²) in [6.45, 7) is 1.33. The number of ether oxygens (including phenoxy) is 5. The number of aromatic nitrogens is 1. The lowest BCUT2D eigenvalue weighted by molar-refractivity contribution is 0.174. The molecule has 0 spiro atoms. The number of para-hydroxylation sites is 1. The molecule has 8 nitrogen and oxygen atoms in total. The van der Waals surface area contributed by atoms with E-state index in [9.17, 15) is 5.26 Å². The van der Waals surface area contributed by atoms with E-state index in [1.807, 2.05) is 24.3 Å². The van der Waals surface area contributed by atoms with Gasteiger partial charge in [-0.25, -0.2) is 0 Å². The molecule has 0 amide bonds. The lowest BCUT2D eigenvalue weighted by Crippen LogP contribution is -2.05. The number of nitrogens with one attached hydrogen (secondary N) is 1. The van der Waals surface area contributed by atoms with Gasteiger partial charge in [-0.2, -0.15) is 5.26 Å². The van der Waals surface area contributed by atoms with Crippen LogP contribution in [0.25, 0.3) is 10.9 Å². The van der Waals surface area contributed by atoms with Crippen LogP contribution in [0.4, 0.5) is 11.4 Å². The molecule has 0 saturated carbocycles. The van der Waals surface area contributed by atoms with Gasteiger partial charge in [-0.1, -0.05) is 6.07 Å². The van der Waals surface area contributed by atoms with Crippen molar-refractivity contribution in [1.29, 1.82) is 5.26 Å². The molecule has 3 heterocycles. The third kappa shape index (κ3) is 3.22. The standard InChI is InChI=1S/C21H17N3O5/c1-25-18-5-14-16(6-19(18)27-10-13-9-26-13)23-8-12(7-22)20(14)24-15-3-2-4-17-21(15)29-11-28-17/h2-6,8,13H,9-11H2,1H3,(H,23,24)/t13-/m1/s1. The summed E-state index contributed by atoms with van der Waals surface area (Å²) in [5, 5.41) is 13.7. The Balaban J connectivity index is 1.59. The average molecular weight is 391 g/mol. The average Bonchev–Trinajstić information content (AvgIpc) is 3.46. The van der Waals surface area contributed by atoms with Crippen molar-refractivity contribution in [2.24, 2.45) is 0 Å². The number of nitriles is 1. The van der Waals surface area contributed by atoms with E-state index in [0.717, 1.165) is 5.39 Å². The van der Waals surface area contributed by atoms with Crippen molar-refractivity contribution >= 4 is 22.3 Å². The van der Waals surface area contributed by atoms with E-state index in [2.05, 4.69) is 16.4 Å². The molecule has 0 unspecified atom stereocenters. The number of anilines is 2. The highest BCUT2D eigenvalue weighted by Gasteiger charge is 2.24. The van der Waals surface area contributed by atoms with Gasteiger partial charge in [0.05, 0.1) is 36.2 Å². The minimum Gasteiger partial charge on any atom is -0.493 e. The van der Waals surface area contributed by atoms with Crippen molar-refractivity contribution < 1.29 is 23.7 Å². The number of benzene rings is 2. The summed E-state index contributed by atoms with van der Waals surface area (Å²) in [6, 6.07) is 11.4. The summed E-state index contributed by atoms with van der Waals surface area (Å²) in [5.74, 6) is 2.40. The Hall–Kier alpha value is -3.70. The van der Waals surface area contributed by atoms with E-state index in [0.29, 0.717) is 58.7 Å². The molecular formula is C21H17N3O5. The lowest BCUT2D eigenvalue weighted by Gasteiger charge is -2.16. The van der Waals surface area contributed by atoms with Gasteiger partial charge in [0.2, 0.25) is 6.79 Å². The van der Waals surface area contributed by atoms with E-state index in [4.69, 9.17) is 23.7 Å². The smallest absolute Gasteiger partial charge is 0.231 e. The quantitative estimate of drug-likeness (QED) is 0.639. The summed E-state index contributed by atoms with van der Waals surface area (Å²) in [4.78, 5) is 4.42. The lowest BCUT2D eigenvalue weighted by atomic mass is 10.1. The number of pyridine rings is 1. The van der Waals surface area contributed by atoms with Gasteiger partial charge >= 0.3 is 0 Å². The highest BCUT2D eigenvalue weighted by molar-refractivity contribution is 5.98. The molecule has 5 rings (SSSR count). The van der Waals surface area contributed by atoms with Crippen LogP contribution in [0.2, 0.25) is 0 Å². The number of fused-ring (bicyclic) bond motifs is 2. The Bertz CT molecular complexity index is 1140. The minimum atomic E-state index is 0.129. The molecule has 2 aromatic carbocycles. The number of rotatable bonds is 6. The van der Waals surface area contributed by atoms with Crippen LogP contribution in [0.1, 0.15) is 5.56 Å². The van der Waals surface area contributed by atoms with E-state index in [-0.39, 0.29) is 12.9 Å². The molecule has 146 valence electrons. The zero-order valence-corrected chi connectivity index (χ0v) is 15.6. The molecule has 3 aromatic rings. The van der Waals surface area contributed by atoms with Gasteiger partial charge in [-0.05, 0) is 18.2 Å². The zero-order valence-electron chi connectivity index (χ0n) is 15.6. The number of nitrogens with zero attached hydrogens (tertiary/aromatic N) is 2. The second-order valence-corrected chi connectivity index (χ2v) is 6.61. The maximum absolute atomic E-state index is 9.63. The summed E-state index contributed by atoms with van der Waals surface area (Å²) in [7, 11) is 1.57. The van der Waals surface area contributed by atoms with Crippen molar-refractivity contribution in [2.45, 2.75) is 6.10 Å². The highest BCUT2D eigenvalue weighted by Crippen LogP contribution is 2.43. The predicted molar refractivity (Wildman–Crippen MR) is 104 cm³/mol. The molecule has 1 fully saturated rings. The van der Waals surface area contributed by atoms with Crippen LogP contribution < -0.4 is 24.3 Å². The van der Waals surface area contributed by atoms with Crippen molar-refractivity contribution in [3.05, 3.63) is 42.1 Å². The predicted octanol–water partition coefficient (Wildman–Crippen LogP) is 3.36. The van der Waals surface area contributed by atoms with Gasteiger partial charge in [-0.3, -0.25) is 4.98 Å². The van der Waals surface area contributed by atoms with Crippen LogP contribution in [-0.2, 0) is 4.74 Å². The molecule has 1 saturated heterocycles. The minimum absolute atomic E-state index is 0.129. The first-order valence-electron chi connectivity index (χ1n) is 9.07. The number of hydrogen-bond acceptors (Lipinski definition) is 8. The van der Waals surface area contributed by atoms with E-state index in [1.54, 1.807) is 13.2 Å². The topological polar surface area (TPSA) is 98.2 Å². The molecule has 0 radical (unpaired) electrons. The van der Waals surface area contributed by atoms with Gasteiger partial charge in [0, 0.05) is 17.6 Å². The monoisotopic (exact) mass is 391 g/mol. The fourth-order valence-corrected chi connectivity index (χ4v) is 3.20. The summed E-state index contributed by atoms with van der Waals surface area (Å²) in [6.07, 6.45) is 1.66. The van der Waals surface area contributed by atoms with Crippen LogP contribution in [-0.4, -0.2) is 38.2 Å². The third-order valence-corrected chi connectivity index (χ3v) is 4.76. The third-order valence-electron chi connectivity index (χ3n) is 4.76. The first kappa shape index (κ1) is 17.4. The van der Waals surface area contributed by atoms with Gasteiger partial charge in [-0.15, -0.1) is 0 Å². The second-order valence-electron chi connectivity index (χ2n) is 6.61. The normalized spacial score (nSPS) is 16.3. The van der Waals surface area contributed by atoms with Crippen LogP contribution in [0.15, 0.2) is 36.5 Å². The van der Waals surface area contributed by atoms with Crippen LogP contribution in [0.5, 0.6) is 23.0 Å². The Labute approximate surface area is 166 Å². The van der Waals surface area contributed by atoms with Crippen molar-refractivity contribution in [2.75, 3.05) is 32.4 Å². The van der Waals surface area contributed by atoms with Crippen LogP contribution >= 0.6 is 0 Å². The number of epoxide rings is 1. The maximum Gasteiger partial charge on any atom is 0.231 e. The summed E-state index contributed by atoms with van der Waals surface area (Å²) < 4.78 is 27.5. The zero-order chi connectivity index (χ0) is 19.8. The van der Waals surface area contributed by atoms with Crippen molar-refractivity contribution in [3.8, 4) is 29.1 Å². The van der Waals surface area contributed by atoms with E-state index < -0.39 is 0 Å². The molecule has 0 bridgehead atoms. The molecule has 2 aliphatic heterocycles. The van der Waals surface area contributed by atoms with Crippen molar-refractivity contribution in [3.63, 3.8) is 0 Å². The highest BCUT2D eigenvalue weighted by atomic mass is 16.7. The first-order valence-corrected chi connectivity index (χ1v) is 9.07. The van der Waals surface area contributed by atoms with Crippen LogP contribution in [0.3, 0.4) is 0 Å². The number of methoxy groups -OCH3 is 1. The van der Waals surface area contributed by atoms with E-state index >= 15 is 0 Å². The first-order chi connectivity index (χ1) is 14.3. The maximum atomic E-state index is 9.63. The summed E-state index contributed by atoms with van der Waals surface area (Å²) >= 11 is 0. The Morgan fingerprint density at radius 3 is 2.97 bits per heavy atom. The fraction of sp³-hybridized carbons (Fsp3) is 0.238. The molecule has 8 heteroatoms. The molecule has 1 aromatic heterocycles. The largest absolute Gasteiger partial charge is 0.493 e. The Morgan fingerprint density at radius 1 is 1.28 bits per heavy atom. The molecule has 0 aliphatic carbocycles. The molecular weight excluding hydrogens is 374 g/mol. The Kier molecular flexibility index (Phi) is 4.22. The fourth-order valence-electron chi connectivity index (χ4n) is 3.20. The molecule has 1 N–H and O–H groups in total. The number of hydrogen-bond donors (Lipinski definition) is 1. The van der Waals surface area contributed by atoms with Gasteiger partial charge < -0.3 is 29.0 Å². The molecule has 1 atom stereocenters. The van der Waals surface area contributed by atoms with Crippen molar-refractivity contribution in [1.82, 2.24) is 4.98 Å². The van der Waals surface area contributed by atoms with Gasteiger partial charge in [0.25, 0.3) is 0 Å². The SMILES string of the molecule is COc1cc2c(Nc3cccc4c3OCO4)c(C#N)cnc2cc1OC[C@H]1CO1. The van der Waals surface area contributed by atoms with Gasteiger partial charge in [0.15, 0.2) is 23.0 Å². The van der Waals surface area contributed by atoms with Gasteiger partial charge in [0.1, 0.15) is 18.8 Å².